The van der Waals surface area contributed by atoms with Crippen molar-refractivity contribution in [1.82, 2.24) is 0 Å². The minimum absolute atomic E-state index is 0.00761. The molecule has 29 heavy (non-hydrogen) atoms. The van der Waals surface area contributed by atoms with Gasteiger partial charge < -0.3 is 24.3 Å². The van der Waals surface area contributed by atoms with Gasteiger partial charge in [0, 0.05) is 30.1 Å². The number of benzene rings is 2. The van der Waals surface area contributed by atoms with E-state index in [1.54, 1.807) is 12.1 Å². The van der Waals surface area contributed by atoms with Crippen LogP contribution in [0.3, 0.4) is 0 Å². The van der Waals surface area contributed by atoms with Crippen LogP contribution in [0.1, 0.15) is 30.6 Å². The normalized spacial score (nSPS) is 16.7. The van der Waals surface area contributed by atoms with E-state index in [4.69, 9.17) is 9.15 Å². The molecule has 152 valence electrons. The summed E-state index contributed by atoms with van der Waals surface area (Å²) >= 11 is 0. The number of aromatic carboxylic acids is 1. The van der Waals surface area contributed by atoms with Gasteiger partial charge in [-0.1, -0.05) is 0 Å². The summed E-state index contributed by atoms with van der Waals surface area (Å²) in [6.45, 7) is 4.92. The molecule has 2 heterocycles. The molecule has 0 radical (unpaired) electrons. The van der Waals surface area contributed by atoms with Crippen LogP contribution in [-0.2, 0) is 0 Å². The van der Waals surface area contributed by atoms with Gasteiger partial charge in [0.25, 0.3) is 0 Å². The summed E-state index contributed by atoms with van der Waals surface area (Å²) in [5.41, 5.74) is 1.63. The predicted molar refractivity (Wildman–Crippen MR) is 107 cm³/mol. The van der Waals surface area contributed by atoms with Crippen molar-refractivity contribution in [3.8, 4) is 17.1 Å². The lowest BCUT2D eigenvalue weighted by Gasteiger charge is -2.22. The lowest BCUT2D eigenvalue weighted by molar-refractivity contribution is 0.0699. The van der Waals surface area contributed by atoms with Crippen molar-refractivity contribution in [3.05, 3.63) is 47.8 Å². The molecular weight excluding hydrogens is 377 g/mol. The number of β-amino-alcohol motifs (C(OH)–C–C–N with tert-alkyl or cyclic N) is 1. The average molecular weight is 399 g/mol. The van der Waals surface area contributed by atoms with Gasteiger partial charge in [-0.2, -0.15) is 0 Å². The van der Waals surface area contributed by atoms with E-state index in [1.807, 2.05) is 18.7 Å². The zero-order valence-corrected chi connectivity index (χ0v) is 16.2. The Morgan fingerprint density at radius 3 is 2.59 bits per heavy atom. The van der Waals surface area contributed by atoms with Crippen LogP contribution in [0.25, 0.3) is 22.3 Å². The minimum Gasteiger partial charge on any atom is -0.489 e. The van der Waals surface area contributed by atoms with E-state index in [0.717, 1.165) is 5.69 Å². The van der Waals surface area contributed by atoms with E-state index < -0.39 is 17.9 Å². The molecule has 4 rings (SSSR count). The molecule has 2 N–H and O–H groups in total. The molecule has 1 aliphatic heterocycles. The first-order valence-corrected chi connectivity index (χ1v) is 9.53. The van der Waals surface area contributed by atoms with Gasteiger partial charge >= 0.3 is 5.97 Å². The molecule has 0 amide bonds. The number of ether oxygens (including phenoxy) is 1. The van der Waals surface area contributed by atoms with Crippen LogP contribution in [-0.4, -0.2) is 41.5 Å². The third kappa shape index (κ3) is 3.65. The van der Waals surface area contributed by atoms with Gasteiger partial charge in [0.2, 0.25) is 0 Å². The number of aliphatic hydroxyl groups excluding tert-OH is 1. The quantitative estimate of drug-likeness (QED) is 0.666. The van der Waals surface area contributed by atoms with Crippen LogP contribution >= 0.6 is 0 Å². The Bertz CT molecular complexity index is 1060. The second kappa shape index (κ2) is 7.40. The van der Waals surface area contributed by atoms with Crippen molar-refractivity contribution in [2.75, 3.05) is 18.0 Å². The highest BCUT2D eigenvalue weighted by Crippen LogP contribution is 2.41. The first-order chi connectivity index (χ1) is 13.8. The van der Waals surface area contributed by atoms with Gasteiger partial charge in [-0.05, 0) is 50.6 Å². The van der Waals surface area contributed by atoms with Crippen molar-refractivity contribution in [2.24, 2.45) is 0 Å². The van der Waals surface area contributed by atoms with Crippen LogP contribution in [0, 0.1) is 5.82 Å². The van der Waals surface area contributed by atoms with Crippen molar-refractivity contribution in [3.63, 3.8) is 0 Å². The molecule has 1 unspecified atom stereocenters. The minimum atomic E-state index is -1.14. The van der Waals surface area contributed by atoms with E-state index in [2.05, 4.69) is 0 Å². The number of aliphatic hydroxyl groups is 1. The van der Waals surface area contributed by atoms with E-state index in [0.29, 0.717) is 41.8 Å². The number of anilines is 1. The summed E-state index contributed by atoms with van der Waals surface area (Å²) < 4.78 is 25.2. The molecule has 6 nitrogen and oxygen atoms in total. The zero-order valence-electron chi connectivity index (χ0n) is 16.2. The maximum atomic E-state index is 13.3. The van der Waals surface area contributed by atoms with Gasteiger partial charge in [0.15, 0.2) is 0 Å². The molecule has 1 saturated heterocycles. The fourth-order valence-electron chi connectivity index (χ4n) is 3.69. The molecule has 1 fully saturated rings. The fourth-order valence-corrected chi connectivity index (χ4v) is 3.69. The molecule has 2 aromatic carbocycles. The largest absolute Gasteiger partial charge is 0.489 e. The Balaban J connectivity index is 1.92. The number of fused-ring (bicyclic) bond motifs is 1. The number of hydrogen-bond donors (Lipinski definition) is 2. The Morgan fingerprint density at radius 1 is 1.28 bits per heavy atom. The summed E-state index contributed by atoms with van der Waals surface area (Å²) in [6.07, 6.45) is 0.118. The van der Waals surface area contributed by atoms with Gasteiger partial charge in [-0.3, -0.25) is 0 Å². The number of rotatable bonds is 5. The number of nitrogens with zero attached hydrogens (tertiary/aromatic N) is 1. The molecular formula is C22H22FNO5. The lowest BCUT2D eigenvalue weighted by atomic mass is 10.0. The number of hydrogen-bond acceptors (Lipinski definition) is 5. The highest BCUT2D eigenvalue weighted by Gasteiger charge is 2.28. The molecule has 0 spiro atoms. The number of carbonyl (C=O) groups is 1. The first kappa shape index (κ1) is 19.3. The van der Waals surface area contributed by atoms with E-state index in [9.17, 15) is 19.4 Å². The first-order valence-electron chi connectivity index (χ1n) is 9.53. The molecule has 1 atom stereocenters. The summed E-state index contributed by atoms with van der Waals surface area (Å²) in [6, 6.07) is 8.93. The van der Waals surface area contributed by atoms with Crippen LogP contribution in [0.15, 0.2) is 40.8 Å². The standard InChI is InChI=1S/C22H22FNO5/c1-12(2)28-19-9-16-18(10-17(19)24-8-7-15(25)11-24)29-21(20(16)22(26)27)13-3-5-14(23)6-4-13/h3-6,9-10,12,15,25H,7-8,11H2,1-2H3,(H,26,27). The third-order valence-electron chi connectivity index (χ3n) is 4.96. The maximum absolute atomic E-state index is 13.3. The summed E-state index contributed by atoms with van der Waals surface area (Å²) in [5.74, 6) is -0.843. The van der Waals surface area contributed by atoms with Crippen LogP contribution in [0.2, 0.25) is 0 Å². The Labute approximate surface area is 167 Å². The van der Waals surface area contributed by atoms with Crippen LogP contribution < -0.4 is 9.64 Å². The molecule has 0 saturated carbocycles. The average Bonchev–Trinajstić information content (AvgIpc) is 3.24. The monoisotopic (exact) mass is 399 g/mol. The highest BCUT2D eigenvalue weighted by atomic mass is 19.1. The molecule has 0 aliphatic carbocycles. The van der Waals surface area contributed by atoms with Crippen molar-refractivity contribution < 1.29 is 28.6 Å². The van der Waals surface area contributed by atoms with E-state index in [-0.39, 0.29) is 17.4 Å². The van der Waals surface area contributed by atoms with Gasteiger partial charge in [0.1, 0.15) is 28.5 Å². The van der Waals surface area contributed by atoms with Crippen LogP contribution in [0.5, 0.6) is 5.75 Å². The topological polar surface area (TPSA) is 83.1 Å². The zero-order chi connectivity index (χ0) is 20.7. The van der Waals surface area contributed by atoms with E-state index >= 15 is 0 Å². The Morgan fingerprint density at radius 2 is 2.00 bits per heavy atom. The van der Waals surface area contributed by atoms with Crippen molar-refractivity contribution >= 4 is 22.6 Å². The van der Waals surface area contributed by atoms with Crippen LogP contribution in [0.4, 0.5) is 10.1 Å². The smallest absolute Gasteiger partial charge is 0.340 e. The second-order valence-corrected chi connectivity index (χ2v) is 7.49. The van der Waals surface area contributed by atoms with Crippen molar-refractivity contribution in [2.45, 2.75) is 32.5 Å². The summed E-state index contributed by atoms with van der Waals surface area (Å²) in [7, 11) is 0. The molecule has 0 bridgehead atoms. The Kier molecular flexibility index (Phi) is 4.92. The highest BCUT2D eigenvalue weighted by molar-refractivity contribution is 6.09. The third-order valence-corrected chi connectivity index (χ3v) is 4.96. The molecule has 7 heteroatoms. The molecule has 1 aromatic heterocycles. The SMILES string of the molecule is CC(C)Oc1cc2c(C(=O)O)c(-c3ccc(F)cc3)oc2cc1N1CCC(O)C1. The number of carboxylic acids is 1. The van der Waals surface area contributed by atoms with E-state index in [1.165, 1.54) is 24.3 Å². The predicted octanol–water partition coefficient (Wildman–Crippen LogP) is 4.30. The van der Waals surface area contributed by atoms with Crippen molar-refractivity contribution in [1.29, 1.82) is 0 Å². The summed E-state index contributed by atoms with van der Waals surface area (Å²) in [5, 5.41) is 20.2. The number of carboxylic acid groups (broad SMARTS) is 1. The molecule has 1 aliphatic rings. The molecule has 3 aromatic rings. The second-order valence-electron chi connectivity index (χ2n) is 7.49. The summed E-state index contributed by atoms with van der Waals surface area (Å²) in [4.78, 5) is 14.0. The number of halogens is 1. The Hall–Kier alpha value is -3.06. The number of furan rings is 1. The van der Waals surface area contributed by atoms with Gasteiger partial charge in [-0.25, -0.2) is 9.18 Å². The fraction of sp³-hybridized carbons (Fsp3) is 0.318. The maximum Gasteiger partial charge on any atom is 0.340 e. The van der Waals surface area contributed by atoms with Gasteiger partial charge in [0.05, 0.1) is 17.9 Å². The van der Waals surface area contributed by atoms with Gasteiger partial charge in [-0.15, -0.1) is 0 Å². The lowest BCUT2D eigenvalue weighted by Crippen LogP contribution is -2.22.